The summed E-state index contributed by atoms with van der Waals surface area (Å²) in [5.41, 5.74) is 7.46. The summed E-state index contributed by atoms with van der Waals surface area (Å²) in [6.45, 7) is 4.56. The van der Waals surface area contributed by atoms with E-state index in [1.54, 1.807) is 0 Å². The van der Waals surface area contributed by atoms with Crippen LogP contribution < -0.4 is 16.2 Å². The molecule has 0 aromatic heterocycles. The SMILES string of the molecule is C[C@@H]1[C@H](C)CCC[C@@H]1NC(=S)NNC(=O)c1ccc(C2SCCS2)cc1. The van der Waals surface area contributed by atoms with E-state index >= 15 is 0 Å². The monoisotopic (exact) mass is 409 g/mol. The molecule has 4 nitrogen and oxygen atoms in total. The lowest BCUT2D eigenvalue weighted by atomic mass is 9.78. The third-order valence-electron chi connectivity index (χ3n) is 5.38. The van der Waals surface area contributed by atoms with E-state index in [4.69, 9.17) is 12.2 Å². The first-order valence-electron chi connectivity index (χ1n) is 9.24. The highest BCUT2D eigenvalue weighted by atomic mass is 32.2. The Morgan fingerprint density at radius 1 is 1.08 bits per heavy atom. The zero-order valence-electron chi connectivity index (χ0n) is 15.3. The van der Waals surface area contributed by atoms with Crippen molar-refractivity contribution in [2.45, 2.75) is 43.7 Å². The molecule has 1 aliphatic heterocycles. The Labute approximate surface area is 170 Å². The second-order valence-electron chi connectivity index (χ2n) is 7.12. The molecule has 1 heterocycles. The highest BCUT2D eigenvalue weighted by Crippen LogP contribution is 2.45. The van der Waals surface area contributed by atoms with Crippen molar-refractivity contribution in [1.82, 2.24) is 16.2 Å². The van der Waals surface area contributed by atoms with Crippen LogP contribution in [0, 0.1) is 11.8 Å². The predicted octanol–water partition coefficient (Wildman–Crippen LogP) is 4.10. The van der Waals surface area contributed by atoms with Gasteiger partial charge in [-0.25, -0.2) is 0 Å². The van der Waals surface area contributed by atoms with E-state index in [1.165, 1.54) is 29.9 Å². The van der Waals surface area contributed by atoms with Gasteiger partial charge in [-0.1, -0.05) is 38.8 Å². The molecule has 3 atom stereocenters. The standard InChI is InChI=1S/C19H27N3OS3/c1-12-4-3-5-16(13(12)2)20-19(24)22-21-17(23)14-6-8-15(9-7-14)18-25-10-11-26-18/h6-9,12-13,16,18H,3-5,10-11H2,1-2H3,(H,21,23)(H2,20,22,24)/t12-,13-,16+/m1/s1. The molecule has 3 N–H and O–H groups in total. The van der Waals surface area contributed by atoms with E-state index in [0.29, 0.717) is 33.1 Å². The van der Waals surface area contributed by atoms with E-state index in [2.05, 4.69) is 30.0 Å². The first kappa shape index (κ1) is 19.8. The third kappa shape index (κ3) is 5.08. The van der Waals surface area contributed by atoms with Gasteiger partial charge in [-0.05, 0) is 48.2 Å². The Morgan fingerprint density at radius 2 is 1.77 bits per heavy atom. The number of benzene rings is 1. The molecule has 2 aliphatic rings. The van der Waals surface area contributed by atoms with Gasteiger partial charge >= 0.3 is 0 Å². The molecular weight excluding hydrogens is 382 g/mol. The van der Waals surface area contributed by atoms with Crippen molar-refractivity contribution >= 4 is 46.8 Å². The number of rotatable bonds is 3. The first-order chi connectivity index (χ1) is 12.5. The zero-order valence-corrected chi connectivity index (χ0v) is 17.7. The fourth-order valence-corrected chi connectivity index (χ4v) is 6.58. The number of amides is 1. The van der Waals surface area contributed by atoms with Crippen molar-refractivity contribution in [2.24, 2.45) is 11.8 Å². The number of hydrogen-bond acceptors (Lipinski definition) is 4. The second-order valence-corrected chi connectivity index (χ2v) is 10.3. The summed E-state index contributed by atoms with van der Waals surface area (Å²) in [5.74, 6) is 3.51. The molecule has 142 valence electrons. The van der Waals surface area contributed by atoms with Gasteiger partial charge in [0.05, 0.1) is 4.58 Å². The van der Waals surface area contributed by atoms with Crippen LogP contribution in [0.2, 0.25) is 0 Å². The number of hydrazine groups is 1. The quantitative estimate of drug-likeness (QED) is 0.516. The van der Waals surface area contributed by atoms with Crippen molar-refractivity contribution in [2.75, 3.05) is 11.5 Å². The van der Waals surface area contributed by atoms with Crippen LogP contribution in [0.1, 0.15) is 53.6 Å². The summed E-state index contributed by atoms with van der Waals surface area (Å²) in [6, 6.07) is 8.23. The summed E-state index contributed by atoms with van der Waals surface area (Å²) in [4.78, 5) is 12.3. The number of thioether (sulfide) groups is 2. The Hall–Kier alpha value is -0.920. The minimum atomic E-state index is -0.169. The van der Waals surface area contributed by atoms with Gasteiger partial charge in [-0.2, -0.15) is 0 Å². The molecule has 1 saturated carbocycles. The van der Waals surface area contributed by atoms with Crippen LogP contribution >= 0.6 is 35.7 Å². The molecule has 0 unspecified atom stereocenters. The van der Waals surface area contributed by atoms with Crippen LogP contribution in [0.3, 0.4) is 0 Å². The van der Waals surface area contributed by atoms with Gasteiger partial charge in [-0.3, -0.25) is 15.6 Å². The minimum absolute atomic E-state index is 0.169. The van der Waals surface area contributed by atoms with Gasteiger partial charge in [0.15, 0.2) is 5.11 Å². The van der Waals surface area contributed by atoms with E-state index in [1.807, 2.05) is 47.8 Å². The molecule has 0 spiro atoms. The molecule has 7 heteroatoms. The molecule has 26 heavy (non-hydrogen) atoms. The predicted molar refractivity (Wildman–Crippen MR) is 116 cm³/mol. The van der Waals surface area contributed by atoms with Crippen LogP contribution in [0.15, 0.2) is 24.3 Å². The zero-order chi connectivity index (χ0) is 18.5. The molecule has 1 saturated heterocycles. The fraction of sp³-hybridized carbons (Fsp3) is 0.579. The largest absolute Gasteiger partial charge is 0.358 e. The second kappa shape index (κ2) is 9.33. The molecule has 1 aromatic carbocycles. The summed E-state index contributed by atoms with van der Waals surface area (Å²) >= 11 is 9.28. The number of nitrogens with one attached hydrogen (secondary N) is 3. The van der Waals surface area contributed by atoms with Gasteiger partial charge in [0.2, 0.25) is 0 Å². The van der Waals surface area contributed by atoms with E-state index in [-0.39, 0.29) is 5.91 Å². The number of thiocarbonyl (C=S) groups is 1. The van der Waals surface area contributed by atoms with Crippen LogP contribution in [-0.4, -0.2) is 28.6 Å². The van der Waals surface area contributed by atoms with Crippen molar-refractivity contribution in [3.05, 3.63) is 35.4 Å². The third-order valence-corrected chi connectivity index (χ3v) is 8.70. The lowest BCUT2D eigenvalue weighted by Gasteiger charge is -2.35. The number of carbonyl (C=O) groups is 1. The Balaban J connectivity index is 1.46. The average Bonchev–Trinajstić information content (AvgIpc) is 3.18. The van der Waals surface area contributed by atoms with Gasteiger partial charge in [0, 0.05) is 23.1 Å². The van der Waals surface area contributed by atoms with Gasteiger partial charge in [0.1, 0.15) is 0 Å². The minimum Gasteiger partial charge on any atom is -0.358 e. The normalized spacial score (nSPS) is 26.3. The Bertz CT molecular complexity index is 631. The topological polar surface area (TPSA) is 53.2 Å². The lowest BCUT2D eigenvalue weighted by molar-refractivity contribution is 0.0943. The van der Waals surface area contributed by atoms with Gasteiger partial charge < -0.3 is 5.32 Å². The molecule has 1 aliphatic carbocycles. The van der Waals surface area contributed by atoms with Crippen LogP contribution in [-0.2, 0) is 0 Å². The molecule has 1 amide bonds. The molecule has 2 fully saturated rings. The maximum Gasteiger partial charge on any atom is 0.269 e. The van der Waals surface area contributed by atoms with E-state index in [0.717, 1.165) is 6.42 Å². The van der Waals surface area contributed by atoms with Crippen molar-refractivity contribution in [1.29, 1.82) is 0 Å². The maximum atomic E-state index is 12.3. The van der Waals surface area contributed by atoms with Crippen LogP contribution in [0.25, 0.3) is 0 Å². The van der Waals surface area contributed by atoms with Gasteiger partial charge in [-0.15, -0.1) is 23.5 Å². The Morgan fingerprint density at radius 3 is 2.46 bits per heavy atom. The smallest absolute Gasteiger partial charge is 0.269 e. The molecular formula is C19H27N3OS3. The summed E-state index contributed by atoms with van der Waals surface area (Å²) in [7, 11) is 0. The van der Waals surface area contributed by atoms with E-state index < -0.39 is 0 Å². The van der Waals surface area contributed by atoms with Crippen molar-refractivity contribution < 1.29 is 4.79 Å². The fourth-order valence-electron chi connectivity index (χ4n) is 3.52. The number of hydrogen-bond donors (Lipinski definition) is 3. The molecule has 0 radical (unpaired) electrons. The number of carbonyl (C=O) groups excluding carboxylic acids is 1. The summed E-state index contributed by atoms with van der Waals surface area (Å²) < 4.78 is 0.502. The highest BCUT2D eigenvalue weighted by molar-refractivity contribution is 8.19. The van der Waals surface area contributed by atoms with E-state index in [9.17, 15) is 4.79 Å². The average molecular weight is 410 g/mol. The molecule has 0 bridgehead atoms. The lowest BCUT2D eigenvalue weighted by Crippen LogP contribution is -2.52. The van der Waals surface area contributed by atoms with Crippen LogP contribution in [0.5, 0.6) is 0 Å². The van der Waals surface area contributed by atoms with Crippen molar-refractivity contribution in [3.63, 3.8) is 0 Å². The molecule has 1 aromatic rings. The maximum absolute atomic E-state index is 12.3. The highest BCUT2D eigenvalue weighted by Gasteiger charge is 2.27. The summed E-state index contributed by atoms with van der Waals surface area (Å²) in [6.07, 6.45) is 3.63. The van der Waals surface area contributed by atoms with Crippen molar-refractivity contribution in [3.8, 4) is 0 Å². The van der Waals surface area contributed by atoms with Crippen LogP contribution in [0.4, 0.5) is 0 Å². The first-order valence-corrected chi connectivity index (χ1v) is 11.7. The summed E-state index contributed by atoms with van der Waals surface area (Å²) in [5, 5.41) is 3.84. The molecule has 3 rings (SSSR count). The Kier molecular flexibility index (Phi) is 7.12. The van der Waals surface area contributed by atoms with Gasteiger partial charge in [0.25, 0.3) is 5.91 Å².